The summed E-state index contributed by atoms with van der Waals surface area (Å²) in [5.74, 6) is 1.15. The van der Waals surface area contributed by atoms with Gasteiger partial charge in [-0.2, -0.15) is 18.3 Å². The van der Waals surface area contributed by atoms with Gasteiger partial charge >= 0.3 is 6.18 Å². The van der Waals surface area contributed by atoms with Crippen LogP contribution in [-0.4, -0.2) is 49.6 Å². The second kappa shape index (κ2) is 5.97. The van der Waals surface area contributed by atoms with Crippen molar-refractivity contribution in [3.05, 3.63) is 29.2 Å². The van der Waals surface area contributed by atoms with E-state index in [0.717, 1.165) is 28.9 Å². The Morgan fingerprint density at radius 3 is 2.81 bits per heavy atom. The molecule has 0 aromatic carbocycles. The van der Waals surface area contributed by atoms with E-state index in [4.69, 9.17) is 4.42 Å². The van der Waals surface area contributed by atoms with Gasteiger partial charge in [0.25, 0.3) is 0 Å². The van der Waals surface area contributed by atoms with E-state index in [-0.39, 0.29) is 11.6 Å². The van der Waals surface area contributed by atoms with E-state index in [1.54, 1.807) is 19.1 Å². The standard InChI is InChI=1S/C16H17F3N6O/c1-9-3-4-12(26-9)14-20-15(25(23-14)8-16(17,18)19)13-10-7-24(2)6-5-11(10)21-22-13/h3-4H,5-8H2,1-2H3,(H,21,22). The number of hydrogen-bond acceptors (Lipinski definition) is 5. The number of alkyl halides is 3. The number of fused-ring (bicyclic) bond motifs is 1. The van der Waals surface area contributed by atoms with Gasteiger partial charge in [0, 0.05) is 30.8 Å². The quantitative estimate of drug-likeness (QED) is 0.771. The zero-order valence-corrected chi connectivity index (χ0v) is 14.3. The molecule has 1 aliphatic rings. The maximum atomic E-state index is 13.0. The molecule has 1 aliphatic heterocycles. The first-order valence-corrected chi connectivity index (χ1v) is 8.13. The number of nitrogens with one attached hydrogen (secondary N) is 1. The molecule has 0 bridgehead atoms. The number of H-pyrrole nitrogens is 1. The van der Waals surface area contributed by atoms with Gasteiger partial charge in [0.15, 0.2) is 11.6 Å². The summed E-state index contributed by atoms with van der Waals surface area (Å²) >= 11 is 0. The van der Waals surface area contributed by atoms with Crippen molar-refractivity contribution in [2.45, 2.75) is 32.6 Å². The van der Waals surface area contributed by atoms with Crippen LogP contribution in [0.1, 0.15) is 17.0 Å². The lowest BCUT2D eigenvalue weighted by atomic mass is 10.1. The van der Waals surface area contributed by atoms with E-state index in [0.29, 0.717) is 23.8 Å². The van der Waals surface area contributed by atoms with Gasteiger partial charge < -0.3 is 9.32 Å². The van der Waals surface area contributed by atoms with E-state index in [1.165, 1.54) is 0 Å². The monoisotopic (exact) mass is 366 g/mol. The van der Waals surface area contributed by atoms with Gasteiger partial charge in [-0.3, -0.25) is 5.10 Å². The highest BCUT2D eigenvalue weighted by Crippen LogP contribution is 2.30. The molecule has 0 fully saturated rings. The summed E-state index contributed by atoms with van der Waals surface area (Å²) in [6.07, 6.45) is -3.66. The van der Waals surface area contributed by atoms with Crippen LogP contribution < -0.4 is 0 Å². The van der Waals surface area contributed by atoms with Crippen molar-refractivity contribution in [2.75, 3.05) is 13.6 Å². The predicted octanol–water partition coefficient (Wildman–Crippen LogP) is 2.79. The highest BCUT2D eigenvalue weighted by atomic mass is 19.4. The molecule has 138 valence electrons. The molecule has 0 atom stereocenters. The van der Waals surface area contributed by atoms with E-state index >= 15 is 0 Å². The van der Waals surface area contributed by atoms with Crippen molar-refractivity contribution in [3.8, 4) is 23.1 Å². The number of rotatable bonds is 3. The molecule has 26 heavy (non-hydrogen) atoms. The van der Waals surface area contributed by atoms with Crippen LogP contribution in [0.4, 0.5) is 13.2 Å². The molecule has 3 aromatic rings. The molecule has 4 rings (SSSR count). The highest BCUT2D eigenvalue weighted by molar-refractivity contribution is 5.60. The number of likely N-dealkylation sites (N-methyl/N-ethyl adjacent to an activating group) is 1. The zero-order chi connectivity index (χ0) is 18.5. The van der Waals surface area contributed by atoms with Crippen molar-refractivity contribution in [2.24, 2.45) is 0 Å². The molecular formula is C16H17F3N6O. The molecule has 0 saturated carbocycles. The molecule has 3 aromatic heterocycles. The number of halogens is 3. The second-order valence-corrected chi connectivity index (χ2v) is 6.46. The van der Waals surface area contributed by atoms with Crippen molar-refractivity contribution in [1.82, 2.24) is 29.9 Å². The van der Waals surface area contributed by atoms with Crippen molar-refractivity contribution < 1.29 is 17.6 Å². The lowest BCUT2D eigenvalue weighted by Gasteiger charge is -2.22. The van der Waals surface area contributed by atoms with Gasteiger partial charge in [-0.25, -0.2) is 9.67 Å². The average Bonchev–Trinajstić information content (AvgIpc) is 3.23. The van der Waals surface area contributed by atoms with Crippen LogP contribution in [0.2, 0.25) is 0 Å². The van der Waals surface area contributed by atoms with E-state index in [1.807, 2.05) is 7.05 Å². The van der Waals surface area contributed by atoms with Gasteiger partial charge in [0.1, 0.15) is 18.0 Å². The Kier molecular flexibility index (Phi) is 3.87. The van der Waals surface area contributed by atoms with Gasteiger partial charge in [-0.05, 0) is 26.1 Å². The Bertz CT molecular complexity index is 938. The number of aromatic amines is 1. The smallest absolute Gasteiger partial charge is 0.408 e. The first-order chi connectivity index (χ1) is 12.3. The Balaban J connectivity index is 1.82. The third-order valence-corrected chi connectivity index (χ3v) is 4.30. The SMILES string of the molecule is Cc1ccc(-c2nc(-c3n[nH]c4c3CN(C)CC4)n(CC(F)(F)F)n2)o1. The third kappa shape index (κ3) is 3.12. The van der Waals surface area contributed by atoms with Gasteiger partial charge in [-0.1, -0.05) is 0 Å². The summed E-state index contributed by atoms with van der Waals surface area (Å²) in [5.41, 5.74) is 2.18. The topological polar surface area (TPSA) is 75.8 Å². The fourth-order valence-electron chi connectivity index (χ4n) is 3.07. The van der Waals surface area contributed by atoms with Gasteiger partial charge in [-0.15, -0.1) is 5.10 Å². The molecule has 0 aliphatic carbocycles. The summed E-state index contributed by atoms with van der Waals surface area (Å²) in [6.45, 7) is 1.96. The average molecular weight is 366 g/mol. The third-order valence-electron chi connectivity index (χ3n) is 4.30. The fourth-order valence-corrected chi connectivity index (χ4v) is 3.07. The van der Waals surface area contributed by atoms with Crippen LogP contribution in [-0.2, 0) is 19.5 Å². The molecule has 4 heterocycles. The minimum Gasteiger partial charge on any atom is -0.458 e. The van der Waals surface area contributed by atoms with Crippen LogP contribution in [0.25, 0.3) is 23.1 Å². The Morgan fingerprint density at radius 2 is 2.12 bits per heavy atom. The Morgan fingerprint density at radius 1 is 1.31 bits per heavy atom. The van der Waals surface area contributed by atoms with Crippen LogP contribution in [0.15, 0.2) is 16.5 Å². The number of aryl methyl sites for hydroxylation is 1. The first-order valence-electron chi connectivity index (χ1n) is 8.13. The normalized spacial score (nSPS) is 15.4. The number of hydrogen-bond donors (Lipinski definition) is 1. The van der Waals surface area contributed by atoms with E-state index < -0.39 is 12.7 Å². The maximum absolute atomic E-state index is 13.0. The maximum Gasteiger partial charge on any atom is 0.408 e. The van der Waals surface area contributed by atoms with Crippen molar-refractivity contribution in [1.29, 1.82) is 0 Å². The zero-order valence-electron chi connectivity index (χ0n) is 14.3. The van der Waals surface area contributed by atoms with Crippen LogP contribution in [0.3, 0.4) is 0 Å². The summed E-state index contributed by atoms with van der Waals surface area (Å²) in [6, 6.07) is 3.35. The molecule has 1 N–H and O–H groups in total. The molecule has 10 heteroatoms. The lowest BCUT2D eigenvalue weighted by Crippen LogP contribution is -2.26. The Hall–Kier alpha value is -2.62. The second-order valence-electron chi connectivity index (χ2n) is 6.46. The lowest BCUT2D eigenvalue weighted by molar-refractivity contribution is -0.142. The number of furan rings is 1. The minimum atomic E-state index is -4.42. The van der Waals surface area contributed by atoms with Gasteiger partial charge in [0.05, 0.1) is 0 Å². The van der Waals surface area contributed by atoms with Crippen molar-refractivity contribution in [3.63, 3.8) is 0 Å². The van der Waals surface area contributed by atoms with E-state index in [9.17, 15) is 13.2 Å². The molecule has 0 radical (unpaired) electrons. The molecule has 0 unspecified atom stereocenters. The highest BCUT2D eigenvalue weighted by Gasteiger charge is 2.33. The summed E-state index contributed by atoms with van der Waals surface area (Å²) in [5, 5.41) is 11.2. The number of nitrogens with zero attached hydrogens (tertiary/aromatic N) is 5. The fraction of sp³-hybridized carbons (Fsp3) is 0.438. The molecule has 7 nitrogen and oxygen atoms in total. The molecule has 0 spiro atoms. The largest absolute Gasteiger partial charge is 0.458 e. The summed E-state index contributed by atoms with van der Waals surface area (Å²) < 4.78 is 45.4. The van der Waals surface area contributed by atoms with Crippen LogP contribution in [0, 0.1) is 6.92 Å². The van der Waals surface area contributed by atoms with Crippen molar-refractivity contribution >= 4 is 0 Å². The summed E-state index contributed by atoms with van der Waals surface area (Å²) in [4.78, 5) is 6.40. The molecular weight excluding hydrogens is 349 g/mol. The summed E-state index contributed by atoms with van der Waals surface area (Å²) in [7, 11) is 1.96. The van der Waals surface area contributed by atoms with Crippen LogP contribution in [0.5, 0.6) is 0 Å². The molecule has 0 amide bonds. The van der Waals surface area contributed by atoms with E-state index in [2.05, 4.69) is 25.2 Å². The van der Waals surface area contributed by atoms with Gasteiger partial charge in [0.2, 0.25) is 5.82 Å². The number of aromatic nitrogens is 5. The Labute approximate surface area is 146 Å². The molecule has 0 saturated heterocycles. The minimum absolute atomic E-state index is 0.0826. The predicted molar refractivity (Wildman–Crippen MR) is 86.1 cm³/mol. The van der Waals surface area contributed by atoms with Crippen LogP contribution >= 0.6 is 0 Å². The first kappa shape index (κ1) is 16.8.